The number of halogens is 1. The van der Waals surface area contributed by atoms with Crippen molar-refractivity contribution < 1.29 is 17.9 Å². The highest BCUT2D eigenvalue weighted by Gasteiger charge is 2.40. The lowest BCUT2D eigenvalue weighted by Crippen LogP contribution is -2.30. The Bertz CT molecular complexity index is 875. The van der Waals surface area contributed by atoms with Gasteiger partial charge in [0.1, 0.15) is 22.3 Å². The van der Waals surface area contributed by atoms with Crippen LogP contribution in [0.2, 0.25) is 0 Å². The predicted octanol–water partition coefficient (Wildman–Crippen LogP) is 2.16. The zero-order valence-corrected chi connectivity index (χ0v) is 14.2. The molecule has 8 heteroatoms. The number of nitrogens with zero attached hydrogens (tertiary/aromatic N) is 2. The largest absolute Gasteiger partial charge is 0.396 e. The summed E-state index contributed by atoms with van der Waals surface area (Å²) < 4.78 is 40.7. The van der Waals surface area contributed by atoms with E-state index < -0.39 is 21.4 Å². The summed E-state index contributed by atoms with van der Waals surface area (Å²) in [5.74, 6) is -1.20. The van der Waals surface area contributed by atoms with Gasteiger partial charge < -0.3 is 5.11 Å². The van der Waals surface area contributed by atoms with Crippen LogP contribution in [-0.4, -0.2) is 37.5 Å². The van der Waals surface area contributed by atoms with E-state index in [2.05, 4.69) is 0 Å². The molecule has 0 saturated carbocycles. The molecule has 1 aromatic heterocycles. The molecule has 1 aliphatic heterocycles. The van der Waals surface area contributed by atoms with E-state index in [1.165, 1.54) is 27.8 Å². The highest BCUT2D eigenvalue weighted by molar-refractivity contribution is 7.89. The maximum Gasteiger partial charge on any atom is 0.244 e. The van der Waals surface area contributed by atoms with Crippen LogP contribution in [0.5, 0.6) is 0 Å². The molecule has 0 radical (unpaired) electrons. The molecule has 2 atom stereocenters. The molecule has 0 amide bonds. The minimum atomic E-state index is -4.01. The van der Waals surface area contributed by atoms with Gasteiger partial charge >= 0.3 is 0 Å². The third-order valence-corrected chi connectivity index (χ3v) is 6.89. The third kappa shape index (κ3) is 2.84. The van der Waals surface area contributed by atoms with Crippen molar-refractivity contribution >= 4 is 21.4 Å². The number of hydrogen-bond acceptors (Lipinski definition) is 5. The van der Waals surface area contributed by atoms with Crippen LogP contribution >= 0.6 is 11.3 Å². The van der Waals surface area contributed by atoms with E-state index in [-0.39, 0.29) is 36.4 Å². The smallest absolute Gasteiger partial charge is 0.244 e. The van der Waals surface area contributed by atoms with Crippen LogP contribution in [0.15, 0.2) is 39.9 Å². The molecule has 3 rings (SSSR count). The van der Waals surface area contributed by atoms with Crippen LogP contribution in [0, 0.1) is 23.1 Å². The van der Waals surface area contributed by atoms with E-state index in [0.717, 1.165) is 11.6 Å². The van der Waals surface area contributed by atoms with Crippen molar-refractivity contribution in [2.24, 2.45) is 5.92 Å². The molecule has 24 heavy (non-hydrogen) atoms. The Balaban J connectivity index is 1.97. The van der Waals surface area contributed by atoms with Crippen LogP contribution < -0.4 is 0 Å². The third-order valence-electron chi connectivity index (χ3n) is 4.32. The molecule has 0 bridgehead atoms. The summed E-state index contributed by atoms with van der Waals surface area (Å²) in [6, 6.07) is 7.12. The summed E-state index contributed by atoms with van der Waals surface area (Å²) in [6.45, 7) is 0.202. The van der Waals surface area contributed by atoms with Crippen LogP contribution in [0.25, 0.3) is 0 Å². The average Bonchev–Trinajstić information content (AvgIpc) is 3.23. The van der Waals surface area contributed by atoms with Crippen molar-refractivity contribution in [1.82, 2.24) is 4.31 Å². The molecule has 1 N–H and O–H groups in total. The topological polar surface area (TPSA) is 81.4 Å². The number of sulfonamides is 1. The second-order valence-corrected chi connectivity index (χ2v) is 8.34. The van der Waals surface area contributed by atoms with Gasteiger partial charge in [-0.3, -0.25) is 0 Å². The van der Waals surface area contributed by atoms with E-state index >= 15 is 0 Å². The van der Waals surface area contributed by atoms with Gasteiger partial charge in [0, 0.05) is 31.5 Å². The number of benzene rings is 1. The second kappa shape index (κ2) is 6.61. The Morgan fingerprint density at radius 1 is 1.38 bits per heavy atom. The molecule has 5 nitrogen and oxygen atoms in total. The number of nitriles is 1. The molecule has 1 aromatic carbocycles. The fraction of sp³-hybridized carbons (Fsp3) is 0.312. The molecule has 1 fully saturated rings. The van der Waals surface area contributed by atoms with Crippen LogP contribution in [0.1, 0.15) is 17.0 Å². The molecule has 1 saturated heterocycles. The van der Waals surface area contributed by atoms with Gasteiger partial charge in [0.05, 0.1) is 0 Å². The van der Waals surface area contributed by atoms with Gasteiger partial charge in [-0.25, -0.2) is 12.8 Å². The van der Waals surface area contributed by atoms with Gasteiger partial charge in [-0.05, 0) is 34.5 Å². The summed E-state index contributed by atoms with van der Waals surface area (Å²) in [4.78, 5) is -0.326. The Labute approximate surface area is 143 Å². The molecule has 126 valence electrons. The number of thiophene rings is 1. The maximum atomic E-state index is 13.8. The number of rotatable bonds is 4. The van der Waals surface area contributed by atoms with Crippen LogP contribution in [-0.2, 0) is 10.0 Å². The Kier molecular flexibility index (Phi) is 4.69. The molecule has 0 unspecified atom stereocenters. The normalized spacial score (nSPS) is 21.7. The molecule has 0 spiro atoms. The zero-order valence-electron chi connectivity index (χ0n) is 12.6. The first kappa shape index (κ1) is 17.0. The highest BCUT2D eigenvalue weighted by atomic mass is 32.2. The monoisotopic (exact) mass is 366 g/mol. The first-order valence-electron chi connectivity index (χ1n) is 7.30. The number of aliphatic hydroxyl groups is 1. The Morgan fingerprint density at radius 2 is 2.17 bits per heavy atom. The summed E-state index contributed by atoms with van der Waals surface area (Å²) in [6.07, 6.45) is 0. The van der Waals surface area contributed by atoms with Gasteiger partial charge in [-0.15, -0.1) is 0 Å². The molecule has 2 heterocycles. The lowest BCUT2D eigenvalue weighted by Gasteiger charge is -2.17. The van der Waals surface area contributed by atoms with Crippen molar-refractivity contribution in [1.29, 1.82) is 5.26 Å². The van der Waals surface area contributed by atoms with E-state index in [1.807, 2.05) is 16.8 Å². The fourth-order valence-corrected chi connectivity index (χ4v) is 5.44. The highest BCUT2D eigenvalue weighted by Crippen LogP contribution is 2.36. The van der Waals surface area contributed by atoms with Gasteiger partial charge in [0.15, 0.2) is 0 Å². The quantitative estimate of drug-likeness (QED) is 0.899. The summed E-state index contributed by atoms with van der Waals surface area (Å²) >= 11 is 1.51. The number of aliphatic hydroxyl groups excluding tert-OH is 1. The summed E-state index contributed by atoms with van der Waals surface area (Å²) in [5, 5.41) is 22.5. The van der Waals surface area contributed by atoms with E-state index in [4.69, 9.17) is 5.26 Å². The molecule has 0 aliphatic carbocycles. The molecule has 1 aliphatic rings. The van der Waals surface area contributed by atoms with Crippen molar-refractivity contribution in [2.75, 3.05) is 19.7 Å². The molecular weight excluding hydrogens is 351 g/mol. The molecule has 2 aromatic rings. The standard InChI is InChI=1S/C16H15FN2O3S2/c17-15-2-1-3-16(13(15)6-18)24(21,22)19-7-12(9-20)14(8-19)11-4-5-23-10-11/h1-5,10,12,14,20H,7-9H2/t12-,14+/m1/s1. The van der Waals surface area contributed by atoms with Crippen LogP contribution in [0.3, 0.4) is 0 Å². The first-order valence-corrected chi connectivity index (χ1v) is 9.69. The fourth-order valence-electron chi connectivity index (χ4n) is 3.04. The summed E-state index contributed by atoms with van der Waals surface area (Å²) in [5.41, 5.74) is 0.508. The minimum Gasteiger partial charge on any atom is -0.396 e. The van der Waals surface area contributed by atoms with Gasteiger partial charge in [0.25, 0.3) is 0 Å². The number of hydrogen-bond donors (Lipinski definition) is 1. The van der Waals surface area contributed by atoms with Crippen molar-refractivity contribution in [2.45, 2.75) is 10.8 Å². The van der Waals surface area contributed by atoms with Crippen molar-refractivity contribution in [3.63, 3.8) is 0 Å². The minimum absolute atomic E-state index is 0.116. The zero-order chi connectivity index (χ0) is 17.3. The maximum absolute atomic E-state index is 13.8. The predicted molar refractivity (Wildman–Crippen MR) is 87.5 cm³/mol. The van der Waals surface area contributed by atoms with Gasteiger partial charge in [0.2, 0.25) is 10.0 Å². The lowest BCUT2D eigenvalue weighted by atomic mass is 9.92. The Morgan fingerprint density at radius 3 is 2.79 bits per heavy atom. The van der Waals surface area contributed by atoms with Crippen molar-refractivity contribution in [3.8, 4) is 6.07 Å². The Hall–Kier alpha value is -1.79. The van der Waals surface area contributed by atoms with Crippen LogP contribution in [0.4, 0.5) is 4.39 Å². The van der Waals surface area contributed by atoms with E-state index in [1.54, 1.807) is 6.07 Å². The SMILES string of the molecule is N#Cc1c(F)cccc1S(=O)(=O)N1C[C@H](CO)[C@H](c2ccsc2)C1. The van der Waals surface area contributed by atoms with Gasteiger partial charge in [-0.2, -0.15) is 20.9 Å². The van der Waals surface area contributed by atoms with E-state index in [0.29, 0.717) is 0 Å². The average molecular weight is 366 g/mol. The summed E-state index contributed by atoms with van der Waals surface area (Å²) in [7, 11) is -4.01. The second-order valence-electron chi connectivity index (χ2n) is 5.65. The first-order chi connectivity index (χ1) is 11.5. The van der Waals surface area contributed by atoms with E-state index in [9.17, 15) is 17.9 Å². The van der Waals surface area contributed by atoms with Gasteiger partial charge in [-0.1, -0.05) is 6.07 Å². The van der Waals surface area contributed by atoms with Crippen molar-refractivity contribution in [3.05, 3.63) is 52.0 Å². The lowest BCUT2D eigenvalue weighted by molar-refractivity contribution is 0.223. The molecular formula is C16H15FN2O3S2.